The molecule has 0 bridgehead atoms. The molecule has 1 amide bonds. The summed E-state index contributed by atoms with van der Waals surface area (Å²) in [4.78, 5) is 13.6. The second-order valence-corrected chi connectivity index (χ2v) is 4.03. The van der Waals surface area contributed by atoms with Crippen LogP contribution in [0.4, 0.5) is 0 Å². The van der Waals surface area contributed by atoms with Crippen LogP contribution in [0.15, 0.2) is 0 Å². The highest BCUT2D eigenvalue weighted by Gasteiger charge is 2.27. The predicted molar refractivity (Wildman–Crippen MR) is 59.5 cm³/mol. The summed E-state index contributed by atoms with van der Waals surface area (Å²) in [6, 6.07) is 0.243. The minimum atomic E-state index is 0.0963. The molecule has 0 saturated carbocycles. The third-order valence-corrected chi connectivity index (χ3v) is 2.84. The number of nitrogens with two attached hydrogens (primary N) is 1. The molecular formula is C11H22N2O2. The molecule has 1 saturated heterocycles. The minimum absolute atomic E-state index is 0.0963. The highest BCUT2D eigenvalue weighted by Crippen LogP contribution is 2.16. The zero-order chi connectivity index (χ0) is 11.1. The Morgan fingerprint density at radius 3 is 3.07 bits per heavy atom. The van der Waals surface area contributed by atoms with E-state index in [-0.39, 0.29) is 18.6 Å². The number of nitrogens with zero attached hydrogens (tertiary/aromatic N) is 1. The normalized spacial score (nSPS) is 20.9. The number of hydrogen-bond acceptors (Lipinski definition) is 3. The molecule has 0 aromatic heterocycles. The lowest BCUT2D eigenvalue weighted by Gasteiger charge is -2.23. The molecule has 1 heterocycles. The first-order valence-electron chi connectivity index (χ1n) is 5.86. The standard InChI is InChI=1S/C11H22N2O2/c1-2-3-7-15-9-11(14)13-6-4-5-10(13)8-12/h10H,2-9,12H2,1H3. The van der Waals surface area contributed by atoms with Gasteiger partial charge in [0.05, 0.1) is 0 Å². The first kappa shape index (κ1) is 12.5. The van der Waals surface area contributed by atoms with Crippen molar-refractivity contribution in [1.82, 2.24) is 4.90 Å². The van der Waals surface area contributed by atoms with Crippen molar-refractivity contribution in [3.8, 4) is 0 Å². The average molecular weight is 214 g/mol. The van der Waals surface area contributed by atoms with Crippen molar-refractivity contribution >= 4 is 5.91 Å². The van der Waals surface area contributed by atoms with E-state index in [1.54, 1.807) is 0 Å². The molecule has 4 heteroatoms. The second-order valence-electron chi connectivity index (χ2n) is 4.03. The first-order chi connectivity index (χ1) is 7.29. The van der Waals surface area contributed by atoms with Crippen LogP contribution in [-0.2, 0) is 9.53 Å². The van der Waals surface area contributed by atoms with Crippen molar-refractivity contribution in [3.63, 3.8) is 0 Å². The average Bonchev–Trinajstić information content (AvgIpc) is 2.72. The van der Waals surface area contributed by atoms with Gasteiger partial charge in [-0.3, -0.25) is 4.79 Å². The smallest absolute Gasteiger partial charge is 0.248 e. The van der Waals surface area contributed by atoms with Crippen LogP contribution < -0.4 is 5.73 Å². The molecule has 15 heavy (non-hydrogen) atoms. The summed E-state index contributed by atoms with van der Waals surface area (Å²) in [6.07, 6.45) is 4.23. The summed E-state index contributed by atoms with van der Waals surface area (Å²) in [7, 11) is 0. The fourth-order valence-electron chi connectivity index (χ4n) is 1.90. The molecule has 0 aliphatic carbocycles. The molecule has 1 aliphatic heterocycles. The van der Waals surface area contributed by atoms with E-state index in [0.717, 1.165) is 32.2 Å². The molecule has 0 spiro atoms. The summed E-state index contributed by atoms with van der Waals surface area (Å²) in [6.45, 7) is 4.43. The highest BCUT2D eigenvalue weighted by atomic mass is 16.5. The van der Waals surface area contributed by atoms with E-state index in [4.69, 9.17) is 10.5 Å². The Hall–Kier alpha value is -0.610. The summed E-state index contributed by atoms with van der Waals surface area (Å²) in [5.41, 5.74) is 5.60. The van der Waals surface area contributed by atoms with Gasteiger partial charge in [0, 0.05) is 25.7 Å². The molecule has 0 aromatic carbocycles. The van der Waals surface area contributed by atoms with E-state index in [0.29, 0.717) is 13.2 Å². The van der Waals surface area contributed by atoms with Crippen molar-refractivity contribution in [2.75, 3.05) is 26.3 Å². The number of hydrogen-bond donors (Lipinski definition) is 1. The zero-order valence-electron chi connectivity index (χ0n) is 9.58. The summed E-state index contributed by atoms with van der Waals surface area (Å²) < 4.78 is 5.31. The maximum Gasteiger partial charge on any atom is 0.248 e. The first-order valence-corrected chi connectivity index (χ1v) is 5.86. The Bertz CT molecular complexity index is 197. The van der Waals surface area contributed by atoms with Gasteiger partial charge >= 0.3 is 0 Å². The number of rotatable bonds is 6. The Balaban J connectivity index is 2.21. The third-order valence-electron chi connectivity index (χ3n) is 2.84. The number of amides is 1. The number of carbonyl (C=O) groups excluding carboxylic acids is 1. The van der Waals surface area contributed by atoms with Crippen LogP contribution in [0.2, 0.25) is 0 Å². The molecule has 2 N–H and O–H groups in total. The van der Waals surface area contributed by atoms with Crippen LogP contribution in [-0.4, -0.2) is 43.2 Å². The van der Waals surface area contributed by atoms with Gasteiger partial charge in [0.15, 0.2) is 0 Å². The van der Waals surface area contributed by atoms with Gasteiger partial charge < -0.3 is 15.4 Å². The maximum atomic E-state index is 11.7. The van der Waals surface area contributed by atoms with Crippen LogP contribution in [0, 0.1) is 0 Å². The molecule has 0 radical (unpaired) electrons. The van der Waals surface area contributed by atoms with Gasteiger partial charge in [0.1, 0.15) is 6.61 Å². The van der Waals surface area contributed by atoms with Gasteiger partial charge in [-0.2, -0.15) is 0 Å². The van der Waals surface area contributed by atoms with Crippen LogP contribution in [0.1, 0.15) is 32.6 Å². The van der Waals surface area contributed by atoms with Crippen LogP contribution in [0.25, 0.3) is 0 Å². The fraction of sp³-hybridized carbons (Fsp3) is 0.909. The minimum Gasteiger partial charge on any atom is -0.372 e. The fourth-order valence-corrected chi connectivity index (χ4v) is 1.90. The second kappa shape index (κ2) is 6.80. The van der Waals surface area contributed by atoms with Crippen molar-refractivity contribution in [2.24, 2.45) is 5.73 Å². The molecule has 0 aromatic rings. The number of ether oxygens (including phenoxy) is 1. The lowest BCUT2D eigenvalue weighted by atomic mass is 10.2. The van der Waals surface area contributed by atoms with Crippen molar-refractivity contribution in [2.45, 2.75) is 38.6 Å². The van der Waals surface area contributed by atoms with Gasteiger partial charge in [-0.25, -0.2) is 0 Å². The number of unbranched alkanes of at least 4 members (excludes halogenated alkanes) is 1. The SMILES string of the molecule is CCCCOCC(=O)N1CCCC1CN. The van der Waals surface area contributed by atoms with Gasteiger partial charge in [0.2, 0.25) is 5.91 Å². The maximum absolute atomic E-state index is 11.7. The van der Waals surface area contributed by atoms with E-state index in [9.17, 15) is 4.79 Å². The molecule has 1 unspecified atom stereocenters. The monoisotopic (exact) mass is 214 g/mol. The van der Waals surface area contributed by atoms with E-state index >= 15 is 0 Å². The van der Waals surface area contributed by atoms with Crippen molar-refractivity contribution in [1.29, 1.82) is 0 Å². The van der Waals surface area contributed by atoms with Crippen molar-refractivity contribution < 1.29 is 9.53 Å². The lowest BCUT2D eigenvalue weighted by Crippen LogP contribution is -2.41. The molecule has 1 rings (SSSR count). The third kappa shape index (κ3) is 3.80. The quantitative estimate of drug-likeness (QED) is 0.664. The molecule has 88 valence electrons. The number of likely N-dealkylation sites (tertiary alicyclic amines) is 1. The van der Waals surface area contributed by atoms with Gasteiger partial charge in [-0.05, 0) is 19.3 Å². The lowest BCUT2D eigenvalue weighted by molar-refractivity contribution is -0.136. The van der Waals surface area contributed by atoms with E-state index in [1.807, 2.05) is 4.90 Å². The van der Waals surface area contributed by atoms with Gasteiger partial charge in [-0.15, -0.1) is 0 Å². The Labute approximate surface area is 91.8 Å². The topological polar surface area (TPSA) is 55.6 Å². The van der Waals surface area contributed by atoms with E-state index in [2.05, 4.69) is 6.92 Å². The summed E-state index contributed by atoms with van der Waals surface area (Å²) in [5, 5.41) is 0. The Morgan fingerprint density at radius 2 is 2.40 bits per heavy atom. The number of carbonyl (C=O) groups is 1. The summed E-state index contributed by atoms with van der Waals surface area (Å²) >= 11 is 0. The van der Waals surface area contributed by atoms with E-state index in [1.165, 1.54) is 0 Å². The predicted octanol–water partition coefficient (Wildman–Crippen LogP) is 0.753. The Kier molecular flexibility index (Phi) is 5.65. The largest absolute Gasteiger partial charge is 0.372 e. The van der Waals surface area contributed by atoms with Gasteiger partial charge in [-0.1, -0.05) is 13.3 Å². The molecule has 1 atom stereocenters. The zero-order valence-corrected chi connectivity index (χ0v) is 9.58. The van der Waals surface area contributed by atoms with E-state index < -0.39 is 0 Å². The molecule has 4 nitrogen and oxygen atoms in total. The summed E-state index contributed by atoms with van der Waals surface area (Å²) in [5.74, 6) is 0.0963. The molecule has 1 aliphatic rings. The van der Waals surface area contributed by atoms with Gasteiger partial charge in [0.25, 0.3) is 0 Å². The van der Waals surface area contributed by atoms with Crippen LogP contribution in [0.5, 0.6) is 0 Å². The molecular weight excluding hydrogens is 192 g/mol. The Morgan fingerprint density at radius 1 is 1.60 bits per heavy atom. The van der Waals surface area contributed by atoms with Crippen molar-refractivity contribution in [3.05, 3.63) is 0 Å². The highest BCUT2D eigenvalue weighted by molar-refractivity contribution is 5.78. The van der Waals surface area contributed by atoms with Crippen LogP contribution >= 0.6 is 0 Å². The van der Waals surface area contributed by atoms with Crippen LogP contribution in [0.3, 0.4) is 0 Å². The molecule has 1 fully saturated rings.